The van der Waals surface area contributed by atoms with E-state index >= 15 is 0 Å². The minimum absolute atomic E-state index is 0.0213. The van der Waals surface area contributed by atoms with Crippen LogP contribution in [0.3, 0.4) is 0 Å². The van der Waals surface area contributed by atoms with Crippen LogP contribution >= 0.6 is 0 Å². The molecule has 7 N–H and O–H groups in total. The molecule has 0 aromatic heterocycles. The Morgan fingerprint density at radius 2 is 1.53 bits per heavy atom. The highest BCUT2D eigenvalue weighted by Gasteiger charge is 2.27. The molecule has 0 fully saturated rings. The minimum atomic E-state index is -0.922. The van der Waals surface area contributed by atoms with E-state index < -0.39 is 35.8 Å². The summed E-state index contributed by atoms with van der Waals surface area (Å²) in [4.78, 5) is 71.1. The molecule has 206 valence electrons. The number of hydrogen-bond donors (Lipinski definition) is 6. The van der Waals surface area contributed by atoms with E-state index in [0.29, 0.717) is 32.1 Å². The van der Waals surface area contributed by atoms with E-state index in [9.17, 15) is 28.8 Å². The van der Waals surface area contributed by atoms with Gasteiger partial charge >= 0.3 is 0 Å². The number of nitrogens with two attached hydrogens (primary N) is 1. The molecule has 3 unspecified atom stereocenters. The van der Waals surface area contributed by atoms with Crippen molar-refractivity contribution in [2.75, 3.05) is 20.1 Å². The molecule has 3 atom stereocenters. The maximum atomic E-state index is 12.7. The molecular formula is C24H44N6O6. The van der Waals surface area contributed by atoms with Crippen LogP contribution in [0, 0.1) is 11.8 Å². The van der Waals surface area contributed by atoms with Crippen molar-refractivity contribution in [3.63, 3.8) is 0 Å². The number of carbonyl (C=O) groups excluding carboxylic acids is 6. The highest BCUT2D eigenvalue weighted by atomic mass is 16.2. The van der Waals surface area contributed by atoms with Gasteiger partial charge in [-0.15, -0.1) is 0 Å². The van der Waals surface area contributed by atoms with Gasteiger partial charge in [0.25, 0.3) is 0 Å². The van der Waals surface area contributed by atoms with E-state index in [1.165, 1.54) is 0 Å². The first-order valence-corrected chi connectivity index (χ1v) is 12.5. The second-order valence-corrected chi connectivity index (χ2v) is 9.49. The molecule has 0 saturated heterocycles. The predicted molar refractivity (Wildman–Crippen MR) is 135 cm³/mol. The van der Waals surface area contributed by atoms with Crippen LogP contribution in [-0.2, 0) is 28.8 Å². The molecule has 0 saturated carbocycles. The summed E-state index contributed by atoms with van der Waals surface area (Å²) in [7, 11) is 1.67. The number of likely N-dealkylation sites (N-methyl/N-ethyl adjacent to an activating group) is 1. The number of hydrogen-bond acceptors (Lipinski definition) is 7. The average Bonchev–Trinajstić information content (AvgIpc) is 2.79. The Bertz CT molecular complexity index is 743. The van der Waals surface area contributed by atoms with Crippen LogP contribution in [0.5, 0.6) is 0 Å². The van der Waals surface area contributed by atoms with Crippen molar-refractivity contribution in [3.8, 4) is 0 Å². The second-order valence-electron chi connectivity index (χ2n) is 9.49. The number of unbranched alkanes of at least 4 members (excludes halogenated alkanes) is 1. The highest BCUT2D eigenvalue weighted by Crippen LogP contribution is 2.08. The quantitative estimate of drug-likeness (QED) is 0.0956. The first-order chi connectivity index (χ1) is 16.9. The third-order valence-corrected chi connectivity index (χ3v) is 5.43. The Morgan fingerprint density at radius 1 is 0.861 bits per heavy atom. The van der Waals surface area contributed by atoms with Gasteiger partial charge in [-0.2, -0.15) is 0 Å². The Kier molecular flexibility index (Phi) is 16.7. The zero-order valence-corrected chi connectivity index (χ0v) is 22.1. The number of amides is 5. The third kappa shape index (κ3) is 14.4. The van der Waals surface area contributed by atoms with Gasteiger partial charge in [-0.3, -0.25) is 24.0 Å². The lowest BCUT2D eigenvalue weighted by atomic mass is 10.00. The summed E-state index contributed by atoms with van der Waals surface area (Å²) in [5.74, 6) is -2.17. The lowest BCUT2D eigenvalue weighted by Gasteiger charge is -2.25. The highest BCUT2D eigenvalue weighted by molar-refractivity contribution is 5.93. The molecule has 0 radical (unpaired) electrons. The summed E-state index contributed by atoms with van der Waals surface area (Å²) in [5, 5.41) is 13.4. The van der Waals surface area contributed by atoms with Crippen molar-refractivity contribution >= 4 is 35.8 Å². The number of nitrogens with one attached hydrogen (secondary N) is 5. The molecule has 0 bridgehead atoms. The Balaban J connectivity index is 4.70. The number of carbonyl (C=O) groups is 6. The molecule has 0 aromatic rings. The van der Waals surface area contributed by atoms with Gasteiger partial charge < -0.3 is 37.1 Å². The van der Waals surface area contributed by atoms with E-state index in [4.69, 9.17) is 5.73 Å². The molecule has 0 aliphatic rings. The van der Waals surface area contributed by atoms with Gasteiger partial charge in [-0.25, -0.2) is 0 Å². The minimum Gasteiger partial charge on any atom is -0.368 e. The van der Waals surface area contributed by atoms with Crippen LogP contribution in [0.4, 0.5) is 0 Å². The van der Waals surface area contributed by atoms with Crippen LogP contribution in [-0.4, -0.2) is 74.1 Å². The summed E-state index contributed by atoms with van der Waals surface area (Å²) < 4.78 is 0. The van der Waals surface area contributed by atoms with Crippen LogP contribution < -0.4 is 32.3 Å². The second kappa shape index (κ2) is 18.3. The van der Waals surface area contributed by atoms with Crippen molar-refractivity contribution in [2.45, 2.75) is 84.3 Å². The van der Waals surface area contributed by atoms with E-state index in [2.05, 4.69) is 26.6 Å². The zero-order chi connectivity index (χ0) is 27.7. The number of aldehydes is 1. The maximum Gasteiger partial charge on any atom is 0.243 e. The van der Waals surface area contributed by atoms with Crippen molar-refractivity contribution in [2.24, 2.45) is 17.6 Å². The van der Waals surface area contributed by atoms with Gasteiger partial charge in [-0.05, 0) is 44.6 Å². The van der Waals surface area contributed by atoms with Crippen LogP contribution in [0.2, 0.25) is 0 Å². The Morgan fingerprint density at radius 3 is 2.06 bits per heavy atom. The van der Waals surface area contributed by atoms with Gasteiger partial charge in [0.1, 0.15) is 18.4 Å². The van der Waals surface area contributed by atoms with Crippen LogP contribution in [0.15, 0.2) is 0 Å². The first kappa shape index (κ1) is 33.0. The standard InChI is InChI=1S/C24H44N6O6/c1-15(2)13-18(30-24(36)21(26-5)16(3)4)23(35)28-14-20(33)29-17(22(25)34)9-6-7-11-27-19(32)10-8-12-31/h12,15-18,21,26H,6-11,13-14H2,1-5H3,(H2,25,34)(H,27,32)(H,28,35)(H,29,33)(H,30,36). The summed E-state index contributed by atoms with van der Waals surface area (Å²) in [6.07, 6.45) is 2.70. The van der Waals surface area contributed by atoms with Crippen molar-refractivity contribution in [3.05, 3.63) is 0 Å². The van der Waals surface area contributed by atoms with E-state index in [-0.39, 0.29) is 49.5 Å². The molecule has 36 heavy (non-hydrogen) atoms. The normalized spacial score (nSPS) is 13.4. The smallest absolute Gasteiger partial charge is 0.243 e. The van der Waals surface area contributed by atoms with E-state index in [1.54, 1.807) is 7.05 Å². The molecule has 12 heteroatoms. The van der Waals surface area contributed by atoms with Crippen molar-refractivity contribution in [1.29, 1.82) is 0 Å². The maximum absolute atomic E-state index is 12.7. The van der Waals surface area contributed by atoms with Crippen molar-refractivity contribution < 1.29 is 28.8 Å². The lowest BCUT2D eigenvalue weighted by Crippen LogP contribution is -2.55. The fourth-order valence-electron chi connectivity index (χ4n) is 3.53. The van der Waals surface area contributed by atoms with Gasteiger partial charge in [0.15, 0.2) is 0 Å². The average molecular weight is 513 g/mol. The first-order valence-electron chi connectivity index (χ1n) is 12.5. The molecule has 5 amide bonds. The summed E-state index contributed by atoms with van der Waals surface area (Å²) >= 11 is 0. The molecule has 0 spiro atoms. The number of primary amides is 1. The van der Waals surface area contributed by atoms with Gasteiger partial charge in [0, 0.05) is 19.4 Å². The topological polar surface area (TPSA) is 189 Å². The monoisotopic (exact) mass is 512 g/mol. The van der Waals surface area contributed by atoms with Crippen LogP contribution in [0.1, 0.15) is 66.2 Å². The van der Waals surface area contributed by atoms with Crippen LogP contribution in [0.25, 0.3) is 0 Å². The van der Waals surface area contributed by atoms with E-state index in [0.717, 1.165) is 0 Å². The zero-order valence-electron chi connectivity index (χ0n) is 22.1. The molecule has 0 aromatic carbocycles. The third-order valence-electron chi connectivity index (χ3n) is 5.43. The summed E-state index contributed by atoms with van der Waals surface area (Å²) in [6.45, 7) is 7.63. The summed E-state index contributed by atoms with van der Waals surface area (Å²) in [5.41, 5.74) is 5.39. The SMILES string of the molecule is CNC(C(=O)NC(CC(C)C)C(=O)NCC(=O)NC(CCCCNC(=O)CCC=O)C(N)=O)C(C)C. The molecular weight excluding hydrogens is 468 g/mol. The number of rotatable bonds is 19. The molecule has 0 aliphatic heterocycles. The molecule has 0 rings (SSSR count). The lowest BCUT2D eigenvalue weighted by molar-refractivity contribution is -0.132. The molecule has 0 aliphatic carbocycles. The van der Waals surface area contributed by atoms with Gasteiger partial charge in [0.05, 0.1) is 12.6 Å². The van der Waals surface area contributed by atoms with Gasteiger partial charge in [-0.1, -0.05) is 27.7 Å². The predicted octanol–water partition coefficient (Wildman–Crippen LogP) is -0.887. The fourth-order valence-corrected chi connectivity index (χ4v) is 3.53. The summed E-state index contributed by atoms with van der Waals surface area (Å²) in [6, 6.07) is -2.20. The van der Waals surface area contributed by atoms with E-state index in [1.807, 2.05) is 27.7 Å². The molecule has 0 heterocycles. The largest absolute Gasteiger partial charge is 0.368 e. The van der Waals surface area contributed by atoms with Crippen molar-refractivity contribution in [1.82, 2.24) is 26.6 Å². The Labute approximate surface area is 213 Å². The van der Waals surface area contributed by atoms with Gasteiger partial charge in [0.2, 0.25) is 29.5 Å². The molecule has 12 nitrogen and oxygen atoms in total. The fraction of sp³-hybridized carbons (Fsp3) is 0.750. The Hall–Kier alpha value is -3.02.